The number of hydrogen-bond donors (Lipinski definition) is 2. The minimum atomic E-state index is -0.593. The molecule has 132 valence electrons. The molecule has 0 atom stereocenters. The van der Waals surface area contributed by atoms with Crippen molar-refractivity contribution < 1.29 is 4.79 Å². The summed E-state index contributed by atoms with van der Waals surface area (Å²) in [6.45, 7) is 5.48. The summed E-state index contributed by atoms with van der Waals surface area (Å²) in [5.41, 5.74) is 8.85. The van der Waals surface area contributed by atoms with Gasteiger partial charge < -0.3 is 16.0 Å². The van der Waals surface area contributed by atoms with Crippen LogP contribution in [0.15, 0.2) is 36.7 Å². The van der Waals surface area contributed by atoms with Crippen LogP contribution in [-0.4, -0.2) is 47.0 Å². The maximum absolute atomic E-state index is 12.0. The van der Waals surface area contributed by atoms with Crippen LogP contribution in [0.3, 0.4) is 0 Å². The van der Waals surface area contributed by atoms with Gasteiger partial charge in [-0.15, -0.1) is 0 Å². The van der Waals surface area contributed by atoms with Crippen molar-refractivity contribution in [2.75, 3.05) is 31.1 Å². The molecule has 1 amide bonds. The number of rotatable bonds is 3. The second kappa shape index (κ2) is 6.68. The number of hydrogen-bond acceptors (Lipinski definition) is 6. The summed E-state index contributed by atoms with van der Waals surface area (Å²) in [4.78, 5) is 27.7. The van der Waals surface area contributed by atoms with Gasteiger partial charge in [-0.3, -0.25) is 9.78 Å². The highest BCUT2D eigenvalue weighted by Crippen LogP contribution is 2.30. The van der Waals surface area contributed by atoms with E-state index in [1.165, 1.54) is 0 Å². The van der Waals surface area contributed by atoms with Crippen LogP contribution >= 0.6 is 0 Å². The summed E-state index contributed by atoms with van der Waals surface area (Å²) < 4.78 is 0. The van der Waals surface area contributed by atoms with E-state index in [-0.39, 0.29) is 5.69 Å². The summed E-state index contributed by atoms with van der Waals surface area (Å²) in [5.74, 6) is 0.155. The Morgan fingerprint density at radius 1 is 1.23 bits per heavy atom. The molecule has 0 spiro atoms. The third kappa shape index (κ3) is 2.97. The first-order valence-electron chi connectivity index (χ1n) is 8.62. The van der Waals surface area contributed by atoms with Crippen molar-refractivity contribution in [3.05, 3.63) is 47.9 Å². The van der Waals surface area contributed by atoms with Gasteiger partial charge in [-0.25, -0.2) is 9.97 Å². The van der Waals surface area contributed by atoms with E-state index in [4.69, 9.17) is 10.7 Å². The third-order valence-electron chi connectivity index (χ3n) is 4.54. The van der Waals surface area contributed by atoms with Gasteiger partial charge in [-0.05, 0) is 30.7 Å². The lowest BCUT2D eigenvalue weighted by Crippen LogP contribution is -2.44. The van der Waals surface area contributed by atoms with Crippen LogP contribution in [0, 0.1) is 6.92 Å². The predicted molar refractivity (Wildman–Crippen MR) is 101 cm³/mol. The van der Waals surface area contributed by atoms with Gasteiger partial charge in [-0.2, -0.15) is 0 Å². The van der Waals surface area contributed by atoms with E-state index < -0.39 is 5.91 Å². The van der Waals surface area contributed by atoms with E-state index in [2.05, 4.69) is 26.3 Å². The Morgan fingerprint density at radius 3 is 2.81 bits per heavy atom. The molecule has 7 heteroatoms. The molecule has 0 radical (unpaired) electrons. The van der Waals surface area contributed by atoms with Crippen LogP contribution in [-0.2, 0) is 0 Å². The Bertz CT molecular complexity index is 981. The number of fused-ring (bicyclic) bond motifs is 1. The van der Waals surface area contributed by atoms with Crippen molar-refractivity contribution in [1.29, 1.82) is 0 Å². The first-order valence-corrected chi connectivity index (χ1v) is 8.62. The fraction of sp³-hybridized carbons (Fsp3) is 0.263. The zero-order valence-corrected chi connectivity index (χ0v) is 14.6. The molecule has 0 unspecified atom stereocenters. The van der Waals surface area contributed by atoms with Gasteiger partial charge in [0, 0.05) is 43.3 Å². The normalized spacial score (nSPS) is 14.6. The van der Waals surface area contributed by atoms with Gasteiger partial charge in [0.25, 0.3) is 5.91 Å². The van der Waals surface area contributed by atoms with Crippen LogP contribution in [0.2, 0.25) is 0 Å². The largest absolute Gasteiger partial charge is 0.364 e. The average molecular weight is 348 g/mol. The molecule has 1 aliphatic rings. The number of carbonyl (C=O) groups excluding carboxylic acids is 1. The van der Waals surface area contributed by atoms with Crippen molar-refractivity contribution in [1.82, 2.24) is 20.3 Å². The van der Waals surface area contributed by atoms with Crippen LogP contribution < -0.4 is 16.0 Å². The minimum Gasteiger partial charge on any atom is -0.364 e. The number of anilines is 1. The topological polar surface area (TPSA) is 97.0 Å². The van der Waals surface area contributed by atoms with Gasteiger partial charge in [0.15, 0.2) is 5.69 Å². The van der Waals surface area contributed by atoms with Crippen LogP contribution in [0.5, 0.6) is 0 Å². The maximum Gasteiger partial charge on any atom is 0.269 e. The third-order valence-corrected chi connectivity index (χ3v) is 4.54. The van der Waals surface area contributed by atoms with Crippen LogP contribution in [0.1, 0.15) is 16.1 Å². The van der Waals surface area contributed by atoms with Crippen molar-refractivity contribution in [2.45, 2.75) is 6.92 Å². The van der Waals surface area contributed by atoms with Crippen molar-refractivity contribution in [2.24, 2.45) is 5.73 Å². The Hall–Kier alpha value is -3.06. The summed E-state index contributed by atoms with van der Waals surface area (Å²) in [6, 6.07) is 7.93. The first kappa shape index (κ1) is 16.4. The number of primary amides is 1. The predicted octanol–water partition coefficient (Wildman–Crippen LogP) is 1.51. The molecule has 7 nitrogen and oxygen atoms in total. The molecule has 3 aromatic rings. The average Bonchev–Trinajstić information content (AvgIpc) is 2.67. The van der Waals surface area contributed by atoms with E-state index in [9.17, 15) is 4.79 Å². The van der Waals surface area contributed by atoms with Crippen molar-refractivity contribution >= 4 is 22.6 Å². The number of amides is 1. The summed E-state index contributed by atoms with van der Waals surface area (Å²) in [7, 11) is 0. The highest BCUT2D eigenvalue weighted by Gasteiger charge is 2.20. The highest BCUT2D eigenvalue weighted by molar-refractivity contribution is 6.02. The number of aryl methyl sites for hydroxylation is 1. The van der Waals surface area contributed by atoms with Crippen LogP contribution in [0.25, 0.3) is 22.2 Å². The van der Waals surface area contributed by atoms with Crippen LogP contribution in [0.4, 0.5) is 5.82 Å². The van der Waals surface area contributed by atoms with Gasteiger partial charge >= 0.3 is 0 Å². The molecule has 1 saturated heterocycles. The summed E-state index contributed by atoms with van der Waals surface area (Å²) in [5, 5.41) is 4.31. The van der Waals surface area contributed by atoms with E-state index in [1.807, 2.05) is 25.1 Å². The smallest absolute Gasteiger partial charge is 0.269 e. The highest BCUT2D eigenvalue weighted by atomic mass is 16.1. The second-order valence-corrected chi connectivity index (χ2v) is 6.41. The lowest BCUT2D eigenvalue weighted by atomic mass is 10.0. The van der Waals surface area contributed by atoms with Gasteiger partial charge in [0.1, 0.15) is 11.5 Å². The quantitative estimate of drug-likeness (QED) is 0.745. The van der Waals surface area contributed by atoms with Crippen molar-refractivity contribution in [3.63, 3.8) is 0 Å². The first-order chi connectivity index (χ1) is 12.6. The number of carbonyl (C=O) groups is 1. The number of piperazine rings is 1. The maximum atomic E-state index is 12.0. The number of benzene rings is 1. The molecular formula is C19H20N6O. The number of nitrogens with zero attached hydrogens (tertiary/aromatic N) is 4. The SMILES string of the molecule is Cc1cc(-c2nc(N3CCNCC3)cnc2C(N)=O)c2ncccc2c1. The van der Waals surface area contributed by atoms with E-state index >= 15 is 0 Å². The molecule has 4 rings (SSSR count). The number of nitrogens with two attached hydrogens (primary N) is 1. The standard InChI is InChI=1S/C19H20N6O/c1-12-9-13-3-2-4-22-16(13)14(10-12)17-18(19(20)26)23-11-15(24-17)25-7-5-21-6-8-25/h2-4,9-11,21H,5-8H2,1H3,(H2,20,26). The Morgan fingerprint density at radius 2 is 2.04 bits per heavy atom. The Labute approximate surface area is 151 Å². The van der Waals surface area contributed by atoms with E-state index in [0.717, 1.165) is 54.0 Å². The molecule has 0 saturated carbocycles. The summed E-state index contributed by atoms with van der Waals surface area (Å²) >= 11 is 0. The fourth-order valence-electron chi connectivity index (χ4n) is 3.32. The van der Waals surface area contributed by atoms with E-state index in [0.29, 0.717) is 5.69 Å². The fourth-order valence-corrected chi connectivity index (χ4v) is 3.32. The summed E-state index contributed by atoms with van der Waals surface area (Å²) in [6.07, 6.45) is 3.36. The number of pyridine rings is 1. The molecule has 26 heavy (non-hydrogen) atoms. The van der Waals surface area contributed by atoms with Gasteiger partial charge in [-0.1, -0.05) is 6.07 Å². The molecular weight excluding hydrogens is 328 g/mol. The Kier molecular flexibility index (Phi) is 4.22. The van der Waals surface area contributed by atoms with E-state index in [1.54, 1.807) is 12.4 Å². The molecule has 1 aromatic carbocycles. The lowest BCUT2D eigenvalue weighted by Gasteiger charge is -2.28. The number of aromatic nitrogens is 3. The minimum absolute atomic E-state index is 0.168. The molecule has 0 bridgehead atoms. The lowest BCUT2D eigenvalue weighted by molar-refractivity contribution is 0.0996. The molecule has 1 fully saturated rings. The molecule has 2 aromatic heterocycles. The van der Waals surface area contributed by atoms with Gasteiger partial charge in [0.05, 0.1) is 11.7 Å². The number of nitrogens with one attached hydrogen (secondary N) is 1. The molecule has 0 aliphatic carbocycles. The molecule has 3 N–H and O–H groups in total. The second-order valence-electron chi connectivity index (χ2n) is 6.41. The zero-order valence-electron chi connectivity index (χ0n) is 14.6. The van der Waals surface area contributed by atoms with Crippen molar-refractivity contribution in [3.8, 4) is 11.3 Å². The monoisotopic (exact) mass is 348 g/mol. The zero-order chi connectivity index (χ0) is 18.1. The molecule has 3 heterocycles. The molecule has 1 aliphatic heterocycles. The Balaban J connectivity index is 1.93. The van der Waals surface area contributed by atoms with Gasteiger partial charge in [0.2, 0.25) is 0 Å².